The van der Waals surface area contributed by atoms with E-state index in [1.54, 1.807) is 29.2 Å². The molecule has 1 aromatic carbocycles. The largest absolute Gasteiger partial charge is 0.353 e. The van der Waals surface area contributed by atoms with Gasteiger partial charge in [-0.25, -0.2) is 12.7 Å². The monoisotopic (exact) mass is 399 g/mol. The van der Waals surface area contributed by atoms with Crippen molar-refractivity contribution in [2.45, 2.75) is 25.3 Å². The summed E-state index contributed by atoms with van der Waals surface area (Å²) in [5.74, 6) is -0.658. The van der Waals surface area contributed by atoms with Gasteiger partial charge in [-0.05, 0) is 31.0 Å². The molecule has 2 aliphatic rings. The molecule has 7 nitrogen and oxygen atoms in total. The SMILES string of the molecule is CS(=O)(=O)N1CCC(NC(=O)C2CC(=O)N(c3cccc(Cl)c3)C2)CC1. The van der Waals surface area contributed by atoms with Gasteiger partial charge in [-0.3, -0.25) is 9.59 Å². The highest BCUT2D eigenvalue weighted by molar-refractivity contribution is 7.88. The first-order valence-corrected chi connectivity index (χ1v) is 10.8. The second-order valence-corrected chi connectivity index (χ2v) is 9.25. The number of rotatable bonds is 4. The van der Waals surface area contributed by atoms with Crippen LogP contribution < -0.4 is 10.2 Å². The smallest absolute Gasteiger partial charge is 0.227 e. The van der Waals surface area contributed by atoms with E-state index in [1.807, 2.05) is 0 Å². The van der Waals surface area contributed by atoms with Crippen molar-refractivity contribution in [1.29, 1.82) is 0 Å². The Bertz CT molecular complexity index is 806. The van der Waals surface area contributed by atoms with Crippen LogP contribution in [0.25, 0.3) is 0 Å². The van der Waals surface area contributed by atoms with E-state index >= 15 is 0 Å². The fourth-order valence-corrected chi connectivity index (χ4v) is 4.49. The lowest BCUT2D eigenvalue weighted by molar-refractivity contribution is -0.127. The molecule has 2 fully saturated rings. The van der Waals surface area contributed by atoms with Gasteiger partial charge in [0.2, 0.25) is 21.8 Å². The first kappa shape index (κ1) is 19.1. The van der Waals surface area contributed by atoms with Crippen molar-refractivity contribution < 1.29 is 18.0 Å². The Morgan fingerprint density at radius 3 is 2.58 bits per heavy atom. The minimum Gasteiger partial charge on any atom is -0.353 e. The summed E-state index contributed by atoms with van der Waals surface area (Å²) in [5.41, 5.74) is 0.694. The molecule has 0 aliphatic carbocycles. The lowest BCUT2D eigenvalue weighted by Crippen LogP contribution is -2.47. The Labute approximate surface area is 158 Å². The summed E-state index contributed by atoms with van der Waals surface area (Å²) in [6.07, 6.45) is 2.52. The van der Waals surface area contributed by atoms with E-state index in [-0.39, 0.29) is 24.3 Å². The summed E-state index contributed by atoms with van der Waals surface area (Å²) >= 11 is 5.98. The maximum Gasteiger partial charge on any atom is 0.227 e. The van der Waals surface area contributed by atoms with Crippen molar-refractivity contribution in [1.82, 2.24) is 9.62 Å². The van der Waals surface area contributed by atoms with Gasteiger partial charge in [0.05, 0.1) is 12.2 Å². The number of amides is 2. The molecule has 0 bridgehead atoms. The number of nitrogens with zero attached hydrogens (tertiary/aromatic N) is 2. The molecule has 0 saturated carbocycles. The fraction of sp³-hybridized carbons (Fsp3) is 0.529. The second kappa shape index (κ2) is 7.54. The number of halogens is 1. The van der Waals surface area contributed by atoms with Crippen LogP contribution in [0, 0.1) is 5.92 Å². The Morgan fingerprint density at radius 2 is 1.96 bits per heavy atom. The summed E-state index contributed by atoms with van der Waals surface area (Å²) in [5, 5.41) is 3.51. The van der Waals surface area contributed by atoms with Crippen LogP contribution >= 0.6 is 11.6 Å². The second-order valence-electron chi connectivity index (χ2n) is 6.83. The van der Waals surface area contributed by atoms with Crippen LogP contribution in [0.5, 0.6) is 0 Å². The van der Waals surface area contributed by atoms with E-state index in [1.165, 1.54) is 10.6 Å². The van der Waals surface area contributed by atoms with Gasteiger partial charge in [-0.1, -0.05) is 17.7 Å². The maximum atomic E-state index is 12.5. The lowest BCUT2D eigenvalue weighted by Gasteiger charge is -2.31. The Hall–Kier alpha value is -1.64. The molecule has 26 heavy (non-hydrogen) atoms. The molecule has 1 unspecified atom stereocenters. The van der Waals surface area contributed by atoms with Gasteiger partial charge in [0.15, 0.2) is 0 Å². The van der Waals surface area contributed by atoms with E-state index in [0.717, 1.165) is 0 Å². The van der Waals surface area contributed by atoms with Crippen LogP contribution in [0.1, 0.15) is 19.3 Å². The fourth-order valence-electron chi connectivity index (χ4n) is 3.43. The number of nitrogens with one attached hydrogen (secondary N) is 1. The third-order valence-electron chi connectivity index (χ3n) is 4.89. The number of piperidine rings is 1. The van der Waals surface area contributed by atoms with Crippen LogP contribution in [0.2, 0.25) is 5.02 Å². The minimum absolute atomic E-state index is 0.0594. The molecule has 1 aromatic rings. The van der Waals surface area contributed by atoms with E-state index in [4.69, 9.17) is 11.6 Å². The zero-order valence-corrected chi connectivity index (χ0v) is 16.1. The average Bonchev–Trinajstić information content (AvgIpc) is 2.96. The normalized spacial score (nSPS) is 22.6. The number of carbonyl (C=O) groups excluding carboxylic acids is 2. The minimum atomic E-state index is -3.18. The molecule has 1 N–H and O–H groups in total. The number of hydrogen-bond acceptors (Lipinski definition) is 4. The quantitative estimate of drug-likeness (QED) is 0.825. The van der Waals surface area contributed by atoms with E-state index in [2.05, 4.69) is 5.32 Å². The summed E-state index contributed by atoms with van der Waals surface area (Å²) in [6.45, 7) is 1.14. The Morgan fingerprint density at radius 1 is 1.27 bits per heavy atom. The number of benzene rings is 1. The van der Waals surface area contributed by atoms with Crippen LogP contribution in [-0.4, -0.2) is 56.5 Å². The molecule has 2 heterocycles. The van der Waals surface area contributed by atoms with Crippen molar-refractivity contribution >= 4 is 39.1 Å². The highest BCUT2D eigenvalue weighted by Gasteiger charge is 2.36. The predicted molar refractivity (Wildman–Crippen MR) is 99.5 cm³/mol. The zero-order chi connectivity index (χ0) is 18.9. The van der Waals surface area contributed by atoms with Crippen LogP contribution in [0.4, 0.5) is 5.69 Å². The van der Waals surface area contributed by atoms with Crippen LogP contribution in [-0.2, 0) is 19.6 Å². The number of anilines is 1. The molecule has 0 aromatic heterocycles. The molecular formula is C17H22ClN3O4S. The van der Waals surface area contributed by atoms with Gasteiger partial charge >= 0.3 is 0 Å². The molecule has 0 spiro atoms. The van der Waals surface area contributed by atoms with Crippen molar-refractivity contribution in [2.75, 3.05) is 30.8 Å². The van der Waals surface area contributed by atoms with E-state index < -0.39 is 15.9 Å². The van der Waals surface area contributed by atoms with Crippen molar-refractivity contribution in [3.05, 3.63) is 29.3 Å². The Balaban J connectivity index is 1.56. The van der Waals surface area contributed by atoms with Gasteiger partial charge in [0.25, 0.3) is 0 Å². The van der Waals surface area contributed by atoms with Gasteiger partial charge in [0.1, 0.15) is 0 Å². The molecule has 0 radical (unpaired) electrons. The predicted octanol–water partition coefficient (Wildman–Crippen LogP) is 1.23. The summed E-state index contributed by atoms with van der Waals surface area (Å²) in [4.78, 5) is 26.4. The molecule has 2 aliphatic heterocycles. The molecule has 3 rings (SSSR count). The van der Waals surface area contributed by atoms with E-state index in [9.17, 15) is 18.0 Å². The molecule has 1 atom stereocenters. The molecule has 142 valence electrons. The van der Waals surface area contributed by atoms with Crippen molar-refractivity contribution in [2.24, 2.45) is 5.92 Å². The number of hydrogen-bond donors (Lipinski definition) is 1. The summed E-state index contributed by atoms with van der Waals surface area (Å²) in [6, 6.07) is 6.95. The van der Waals surface area contributed by atoms with Crippen LogP contribution in [0.15, 0.2) is 24.3 Å². The Kier molecular flexibility index (Phi) is 5.55. The van der Waals surface area contributed by atoms with Crippen molar-refractivity contribution in [3.8, 4) is 0 Å². The topological polar surface area (TPSA) is 86.8 Å². The van der Waals surface area contributed by atoms with Gasteiger partial charge in [0, 0.05) is 42.8 Å². The van der Waals surface area contributed by atoms with Gasteiger partial charge in [-0.15, -0.1) is 0 Å². The molecule has 9 heteroatoms. The molecule has 2 amide bonds. The third-order valence-corrected chi connectivity index (χ3v) is 6.42. The highest BCUT2D eigenvalue weighted by atomic mass is 35.5. The van der Waals surface area contributed by atoms with Gasteiger partial charge < -0.3 is 10.2 Å². The first-order valence-electron chi connectivity index (χ1n) is 8.55. The highest BCUT2D eigenvalue weighted by Crippen LogP contribution is 2.27. The van der Waals surface area contributed by atoms with Gasteiger partial charge in [-0.2, -0.15) is 0 Å². The van der Waals surface area contributed by atoms with E-state index in [0.29, 0.717) is 43.2 Å². The summed E-state index contributed by atoms with van der Waals surface area (Å²) < 4.78 is 24.5. The summed E-state index contributed by atoms with van der Waals surface area (Å²) in [7, 11) is -3.18. The van der Waals surface area contributed by atoms with Crippen LogP contribution in [0.3, 0.4) is 0 Å². The maximum absolute atomic E-state index is 12.5. The van der Waals surface area contributed by atoms with Crippen molar-refractivity contribution in [3.63, 3.8) is 0 Å². The molecule has 2 saturated heterocycles. The average molecular weight is 400 g/mol. The number of carbonyl (C=O) groups is 2. The third kappa shape index (κ3) is 4.36. The lowest BCUT2D eigenvalue weighted by atomic mass is 10.0. The molecular weight excluding hydrogens is 378 g/mol. The zero-order valence-electron chi connectivity index (χ0n) is 14.5. The number of sulfonamides is 1. The standard InChI is InChI=1S/C17H22ClN3O4S/c1-26(24,25)20-7-5-14(6-8-20)19-17(23)12-9-16(22)21(11-12)15-4-2-3-13(18)10-15/h2-4,10,12,14H,5-9,11H2,1H3,(H,19,23). The first-order chi connectivity index (χ1) is 12.2.